The lowest BCUT2D eigenvalue weighted by Crippen LogP contribution is -2.53. The third kappa shape index (κ3) is 3.97. The predicted octanol–water partition coefficient (Wildman–Crippen LogP) is 0.905. The molecule has 7 heteroatoms. The molecule has 1 aromatic carbocycles. The van der Waals surface area contributed by atoms with Gasteiger partial charge in [0.2, 0.25) is 5.91 Å². The second-order valence-corrected chi connectivity index (χ2v) is 5.85. The van der Waals surface area contributed by atoms with Crippen LogP contribution >= 0.6 is 0 Å². The lowest BCUT2D eigenvalue weighted by Gasteiger charge is -2.38. The molecule has 1 aliphatic heterocycles. The monoisotopic (exact) mass is 324 g/mol. The van der Waals surface area contributed by atoms with Crippen LogP contribution in [0.4, 0.5) is 0 Å². The topological polar surface area (TPSA) is 78.0 Å². The summed E-state index contributed by atoms with van der Waals surface area (Å²) in [7, 11) is 0. The number of carbonyl (C=O) groups is 1. The number of hydrogen-bond acceptors (Lipinski definition) is 5. The van der Waals surface area contributed by atoms with Gasteiger partial charge in [0.15, 0.2) is 0 Å². The van der Waals surface area contributed by atoms with Crippen molar-refractivity contribution < 1.29 is 4.79 Å². The van der Waals surface area contributed by atoms with Gasteiger partial charge in [0.25, 0.3) is 0 Å². The Balaban J connectivity index is 1.54. The van der Waals surface area contributed by atoms with Crippen LogP contribution in [0.2, 0.25) is 0 Å². The molecule has 2 aromatic rings. The third-order valence-electron chi connectivity index (χ3n) is 4.24. The van der Waals surface area contributed by atoms with E-state index < -0.39 is 0 Å². The number of amides is 1. The first-order valence-corrected chi connectivity index (χ1v) is 8.04. The average Bonchev–Trinajstić information content (AvgIpc) is 3.14. The highest BCUT2D eigenvalue weighted by Gasteiger charge is 2.29. The molecule has 0 N–H and O–H groups in total. The first kappa shape index (κ1) is 16.1. The van der Waals surface area contributed by atoms with Crippen LogP contribution in [0.15, 0.2) is 43.0 Å². The Labute approximate surface area is 141 Å². The van der Waals surface area contributed by atoms with Crippen molar-refractivity contribution in [2.45, 2.75) is 25.6 Å². The smallest absolute Gasteiger partial charge is 0.224 e. The Morgan fingerprint density at radius 1 is 1.29 bits per heavy atom. The highest BCUT2D eigenvalue weighted by molar-refractivity contribution is 5.76. The molecule has 7 nitrogen and oxygen atoms in total. The molecular weight excluding hydrogens is 304 g/mol. The lowest BCUT2D eigenvalue weighted by molar-refractivity contribution is -0.134. The Hall–Kier alpha value is -2.72. The lowest BCUT2D eigenvalue weighted by atomic mass is 10.1. The van der Waals surface area contributed by atoms with Crippen molar-refractivity contribution in [2.24, 2.45) is 0 Å². The number of aromatic nitrogens is 3. The van der Waals surface area contributed by atoms with Crippen LogP contribution in [0, 0.1) is 11.3 Å². The molecule has 1 atom stereocenters. The fourth-order valence-corrected chi connectivity index (χ4v) is 2.89. The first-order valence-electron chi connectivity index (χ1n) is 8.04. The number of hydrogen-bond donors (Lipinski definition) is 0. The van der Waals surface area contributed by atoms with Crippen LogP contribution in [0.1, 0.15) is 12.0 Å². The zero-order valence-corrected chi connectivity index (χ0v) is 13.5. The molecule has 1 saturated heterocycles. The Morgan fingerprint density at radius 3 is 2.83 bits per heavy atom. The molecule has 124 valence electrons. The molecule has 1 unspecified atom stereocenters. The molecule has 2 heterocycles. The highest BCUT2D eigenvalue weighted by atomic mass is 16.2. The Bertz CT molecular complexity index is 694. The number of benzene rings is 1. The minimum absolute atomic E-state index is 0.0603. The van der Waals surface area contributed by atoms with Crippen molar-refractivity contribution in [2.75, 3.05) is 19.6 Å². The van der Waals surface area contributed by atoms with Crippen LogP contribution in [-0.4, -0.2) is 56.1 Å². The molecule has 0 aliphatic carbocycles. The van der Waals surface area contributed by atoms with E-state index in [1.54, 1.807) is 15.9 Å². The van der Waals surface area contributed by atoms with Gasteiger partial charge in [0.1, 0.15) is 18.7 Å². The van der Waals surface area contributed by atoms with Gasteiger partial charge < -0.3 is 4.90 Å². The summed E-state index contributed by atoms with van der Waals surface area (Å²) in [6.45, 7) is 3.07. The maximum Gasteiger partial charge on any atom is 0.224 e. The number of piperazine rings is 1. The zero-order chi connectivity index (χ0) is 16.8. The van der Waals surface area contributed by atoms with Crippen LogP contribution in [0.3, 0.4) is 0 Å². The minimum Gasteiger partial charge on any atom is -0.339 e. The summed E-state index contributed by atoms with van der Waals surface area (Å²) in [6.07, 6.45) is 3.43. The van der Waals surface area contributed by atoms with E-state index >= 15 is 0 Å². The maximum atomic E-state index is 12.4. The molecule has 1 amide bonds. The molecular formula is C17H20N6O. The summed E-state index contributed by atoms with van der Waals surface area (Å²) in [5.74, 6) is 0.0603. The predicted molar refractivity (Wildman–Crippen MR) is 87.5 cm³/mol. The minimum atomic E-state index is -0.269. The van der Waals surface area contributed by atoms with E-state index in [0.29, 0.717) is 32.6 Å². The van der Waals surface area contributed by atoms with E-state index in [-0.39, 0.29) is 11.9 Å². The van der Waals surface area contributed by atoms with Crippen molar-refractivity contribution in [3.8, 4) is 6.07 Å². The molecule has 0 bridgehead atoms. The molecule has 0 saturated carbocycles. The highest BCUT2D eigenvalue weighted by Crippen LogP contribution is 2.14. The quantitative estimate of drug-likeness (QED) is 0.817. The van der Waals surface area contributed by atoms with E-state index in [1.165, 1.54) is 11.9 Å². The Morgan fingerprint density at radius 2 is 2.12 bits per heavy atom. The van der Waals surface area contributed by atoms with Crippen molar-refractivity contribution >= 4 is 5.91 Å². The van der Waals surface area contributed by atoms with Crippen molar-refractivity contribution in [1.82, 2.24) is 24.6 Å². The molecule has 3 rings (SSSR count). The van der Waals surface area contributed by atoms with E-state index in [4.69, 9.17) is 0 Å². The molecule has 0 radical (unpaired) electrons. The average molecular weight is 324 g/mol. The van der Waals surface area contributed by atoms with Gasteiger partial charge in [-0.3, -0.25) is 14.4 Å². The number of nitriles is 1. The number of aryl methyl sites for hydroxylation is 1. The molecule has 0 spiro atoms. The SMILES string of the molecule is N#CC1CN(C(=O)CCn2cncn2)CCN1Cc1ccccc1. The number of nitrogens with zero attached hydrogens (tertiary/aromatic N) is 6. The zero-order valence-electron chi connectivity index (χ0n) is 13.5. The van der Waals surface area contributed by atoms with Gasteiger partial charge in [-0.2, -0.15) is 10.4 Å². The summed E-state index contributed by atoms with van der Waals surface area (Å²) < 4.78 is 1.64. The number of carbonyl (C=O) groups excluding carboxylic acids is 1. The van der Waals surface area contributed by atoms with E-state index in [9.17, 15) is 10.1 Å². The summed E-state index contributed by atoms with van der Waals surface area (Å²) in [6, 6.07) is 12.2. The summed E-state index contributed by atoms with van der Waals surface area (Å²) in [5.41, 5.74) is 1.18. The van der Waals surface area contributed by atoms with Gasteiger partial charge in [-0.1, -0.05) is 30.3 Å². The van der Waals surface area contributed by atoms with Gasteiger partial charge in [-0.25, -0.2) is 4.98 Å². The van der Waals surface area contributed by atoms with Gasteiger partial charge in [0.05, 0.1) is 12.6 Å². The summed E-state index contributed by atoms with van der Waals surface area (Å²) >= 11 is 0. The van der Waals surface area contributed by atoms with Crippen LogP contribution in [0.25, 0.3) is 0 Å². The summed E-state index contributed by atoms with van der Waals surface area (Å²) in [4.78, 5) is 20.1. The van der Waals surface area contributed by atoms with Gasteiger partial charge in [0, 0.05) is 32.6 Å². The van der Waals surface area contributed by atoms with Crippen LogP contribution in [-0.2, 0) is 17.9 Å². The van der Waals surface area contributed by atoms with Crippen LogP contribution < -0.4 is 0 Å². The second-order valence-electron chi connectivity index (χ2n) is 5.85. The van der Waals surface area contributed by atoms with Crippen molar-refractivity contribution in [3.63, 3.8) is 0 Å². The fourth-order valence-electron chi connectivity index (χ4n) is 2.89. The van der Waals surface area contributed by atoms with Gasteiger partial charge >= 0.3 is 0 Å². The molecule has 1 aliphatic rings. The normalized spacial score (nSPS) is 18.3. The van der Waals surface area contributed by atoms with E-state index in [0.717, 1.165) is 6.54 Å². The van der Waals surface area contributed by atoms with Gasteiger partial charge in [-0.15, -0.1) is 0 Å². The van der Waals surface area contributed by atoms with Crippen molar-refractivity contribution in [1.29, 1.82) is 5.26 Å². The number of rotatable bonds is 5. The summed E-state index contributed by atoms with van der Waals surface area (Å²) in [5, 5.41) is 13.5. The van der Waals surface area contributed by atoms with Gasteiger partial charge in [-0.05, 0) is 5.56 Å². The third-order valence-corrected chi connectivity index (χ3v) is 4.24. The van der Waals surface area contributed by atoms with Crippen molar-refractivity contribution in [3.05, 3.63) is 48.5 Å². The second kappa shape index (κ2) is 7.70. The van der Waals surface area contributed by atoms with E-state index in [1.807, 2.05) is 18.2 Å². The Kier molecular flexibility index (Phi) is 5.18. The fraction of sp³-hybridized carbons (Fsp3) is 0.412. The molecule has 24 heavy (non-hydrogen) atoms. The van der Waals surface area contributed by atoms with E-state index in [2.05, 4.69) is 33.2 Å². The molecule has 1 fully saturated rings. The largest absolute Gasteiger partial charge is 0.339 e. The van der Waals surface area contributed by atoms with Crippen LogP contribution in [0.5, 0.6) is 0 Å². The standard InChI is InChI=1S/C17H20N6O/c18-10-16-12-22(17(24)6-7-23-14-19-13-20-23)9-8-21(16)11-15-4-2-1-3-5-15/h1-5,13-14,16H,6-9,11-12H2. The first-order chi connectivity index (χ1) is 11.8. The maximum absolute atomic E-state index is 12.4. The molecule has 1 aromatic heterocycles.